The number of hydrogen-bond acceptors (Lipinski definition) is 5. The smallest absolute Gasteiger partial charge is 0.243 e. The van der Waals surface area contributed by atoms with Gasteiger partial charge in [0.2, 0.25) is 5.91 Å². The van der Waals surface area contributed by atoms with Crippen LogP contribution < -0.4 is 10.2 Å². The summed E-state index contributed by atoms with van der Waals surface area (Å²) in [5.41, 5.74) is 2.21. The van der Waals surface area contributed by atoms with Crippen molar-refractivity contribution in [3.05, 3.63) is 46.4 Å². The molecule has 0 bridgehead atoms. The number of amides is 1. The fraction of sp³-hybridized carbons (Fsp3) is 0.476. The Morgan fingerprint density at radius 2 is 1.87 bits per heavy atom. The summed E-state index contributed by atoms with van der Waals surface area (Å²) in [6, 6.07) is 10.3. The van der Waals surface area contributed by atoms with Crippen LogP contribution in [0.2, 0.25) is 0 Å². The molecule has 0 radical (unpaired) electrons. The highest BCUT2D eigenvalue weighted by atomic mass is 127. The average Bonchev–Trinajstić information content (AvgIpc) is 3.11. The number of aryl methyl sites for hydroxylation is 1. The maximum Gasteiger partial charge on any atom is 0.243 e. The number of halogens is 1. The number of nitrogens with one attached hydrogen (secondary N) is 1. The fourth-order valence-corrected chi connectivity index (χ4v) is 3.33. The molecule has 166 valence electrons. The van der Waals surface area contributed by atoms with Gasteiger partial charge in [-0.1, -0.05) is 18.2 Å². The van der Waals surface area contributed by atoms with Crippen molar-refractivity contribution in [1.82, 2.24) is 20.1 Å². The minimum absolute atomic E-state index is 0. The number of para-hydroxylation sites is 1. The number of thiazole rings is 1. The number of aromatic nitrogens is 1. The van der Waals surface area contributed by atoms with Crippen LogP contribution in [0.5, 0.6) is 0 Å². The summed E-state index contributed by atoms with van der Waals surface area (Å²) in [6.07, 6.45) is 0.954. The Kier molecular flexibility index (Phi) is 11.7. The standard InChI is InChI=1S/C21H32N6OS.HI/c1-17-24-18(16-29-17)15-27(5)21(23-14-20(28)25(2)3)22-12-9-13-26(4)19-10-7-6-8-11-19;/h6-8,10-11,16H,9,12-15H2,1-5H3,(H,22,23);1H. The van der Waals surface area contributed by atoms with E-state index in [1.54, 1.807) is 30.3 Å². The molecule has 2 aromatic rings. The van der Waals surface area contributed by atoms with E-state index in [1.165, 1.54) is 5.69 Å². The molecule has 1 aromatic carbocycles. The van der Waals surface area contributed by atoms with Gasteiger partial charge in [0.25, 0.3) is 0 Å². The maximum absolute atomic E-state index is 12.0. The van der Waals surface area contributed by atoms with E-state index in [9.17, 15) is 4.79 Å². The molecule has 0 saturated heterocycles. The van der Waals surface area contributed by atoms with Crippen LogP contribution in [-0.2, 0) is 11.3 Å². The Bertz CT molecular complexity index is 796. The van der Waals surface area contributed by atoms with Gasteiger partial charge in [-0.25, -0.2) is 9.98 Å². The van der Waals surface area contributed by atoms with Crippen LogP contribution in [0.15, 0.2) is 40.7 Å². The molecule has 0 aliphatic rings. The normalized spacial score (nSPS) is 10.9. The lowest BCUT2D eigenvalue weighted by atomic mass is 10.3. The van der Waals surface area contributed by atoms with Crippen LogP contribution in [0.1, 0.15) is 17.1 Å². The molecule has 0 aliphatic heterocycles. The molecule has 2 rings (SSSR count). The number of aliphatic imine (C=N–C) groups is 1. The summed E-state index contributed by atoms with van der Waals surface area (Å²) < 4.78 is 0. The van der Waals surface area contributed by atoms with Crippen molar-refractivity contribution < 1.29 is 4.79 Å². The van der Waals surface area contributed by atoms with E-state index in [-0.39, 0.29) is 36.4 Å². The van der Waals surface area contributed by atoms with Crippen LogP contribution in [-0.4, -0.2) is 74.5 Å². The topological polar surface area (TPSA) is 64.1 Å². The number of hydrogen-bond donors (Lipinski definition) is 1. The molecular formula is C21H33IN6OS. The van der Waals surface area contributed by atoms with Crippen molar-refractivity contribution >= 4 is 52.9 Å². The van der Waals surface area contributed by atoms with Gasteiger partial charge in [0.1, 0.15) is 6.54 Å². The fourth-order valence-electron chi connectivity index (χ4n) is 2.72. The molecule has 0 saturated carbocycles. The zero-order valence-electron chi connectivity index (χ0n) is 18.5. The van der Waals surface area contributed by atoms with E-state index < -0.39 is 0 Å². The number of carbonyl (C=O) groups is 1. The third-order valence-corrected chi connectivity index (χ3v) is 5.26. The number of nitrogens with zero attached hydrogens (tertiary/aromatic N) is 5. The van der Waals surface area contributed by atoms with Crippen molar-refractivity contribution in [3.63, 3.8) is 0 Å². The quantitative estimate of drug-likeness (QED) is 0.228. The zero-order chi connectivity index (χ0) is 21.2. The Labute approximate surface area is 201 Å². The molecule has 0 unspecified atom stereocenters. The van der Waals surface area contributed by atoms with E-state index in [0.717, 1.165) is 30.2 Å². The maximum atomic E-state index is 12.0. The van der Waals surface area contributed by atoms with Crippen LogP contribution >= 0.6 is 35.3 Å². The van der Waals surface area contributed by atoms with Crippen molar-refractivity contribution in [2.24, 2.45) is 4.99 Å². The summed E-state index contributed by atoms with van der Waals surface area (Å²) >= 11 is 1.64. The predicted octanol–water partition coefficient (Wildman–Crippen LogP) is 3.06. The number of rotatable bonds is 9. The first-order chi connectivity index (χ1) is 13.9. The Morgan fingerprint density at radius 3 is 2.47 bits per heavy atom. The van der Waals surface area contributed by atoms with Crippen LogP contribution in [0.25, 0.3) is 0 Å². The molecule has 0 atom stereocenters. The third kappa shape index (κ3) is 8.86. The monoisotopic (exact) mass is 544 g/mol. The number of carbonyl (C=O) groups excluding carboxylic acids is 1. The highest BCUT2D eigenvalue weighted by Gasteiger charge is 2.11. The summed E-state index contributed by atoms with van der Waals surface area (Å²) in [6.45, 7) is 4.47. The van der Waals surface area contributed by atoms with Gasteiger partial charge < -0.3 is 20.0 Å². The molecule has 0 spiro atoms. The van der Waals surface area contributed by atoms with E-state index in [2.05, 4.69) is 44.8 Å². The molecule has 1 amide bonds. The summed E-state index contributed by atoms with van der Waals surface area (Å²) in [7, 11) is 7.55. The van der Waals surface area contributed by atoms with Gasteiger partial charge in [-0.3, -0.25) is 4.79 Å². The molecule has 1 N–H and O–H groups in total. The Balaban J connectivity index is 0.00000450. The van der Waals surface area contributed by atoms with Gasteiger partial charge in [-0.15, -0.1) is 35.3 Å². The number of guanidine groups is 1. The number of benzene rings is 1. The summed E-state index contributed by atoms with van der Waals surface area (Å²) in [5, 5.41) is 6.51. The van der Waals surface area contributed by atoms with Gasteiger partial charge in [0, 0.05) is 52.3 Å². The second-order valence-electron chi connectivity index (χ2n) is 7.18. The molecule has 1 heterocycles. The number of anilines is 1. The predicted molar refractivity (Wildman–Crippen MR) is 137 cm³/mol. The molecule has 30 heavy (non-hydrogen) atoms. The van der Waals surface area contributed by atoms with Crippen LogP contribution in [0, 0.1) is 6.92 Å². The lowest BCUT2D eigenvalue weighted by molar-refractivity contribution is -0.127. The first kappa shape index (κ1) is 26.2. The third-order valence-electron chi connectivity index (χ3n) is 4.44. The molecule has 9 heteroatoms. The Morgan fingerprint density at radius 1 is 1.17 bits per heavy atom. The second kappa shape index (κ2) is 13.4. The minimum Gasteiger partial charge on any atom is -0.375 e. The summed E-state index contributed by atoms with van der Waals surface area (Å²) in [4.78, 5) is 26.8. The van der Waals surface area contributed by atoms with Crippen molar-refractivity contribution in [1.29, 1.82) is 0 Å². The van der Waals surface area contributed by atoms with Gasteiger partial charge in [0.05, 0.1) is 17.2 Å². The highest BCUT2D eigenvalue weighted by molar-refractivity contribution is 14.0. The van der Waals surface area contributed by atoms with Gasteiger partial charge in [-0.05, 0) is 25.5 Å². The van der Waals surface area contributed by atoms with Crippen molar-refractivity contribution in [3.8, 4) is 0 Å². The molecule has 7 nitrogen and oxygen atoms in total. The lowest BCUT2D eigenvalue weighted by Crippen LogP contribution is -2.40. The molecular weight excluding hydrogens is 511 g/mol. The second-order valence-corrected chi connectivity index (χ2v) is 8.24. The van der Waals surface area contributed by atoms with E-state index >= 15 is 0 Å². The highest BCUT2D eigenvalue weighted by Crippen LogP contribution is 2.11. The number of likely N-dealkylation sites (N-methyl/N-ethyl adjacent to an activating group) is 1. The summed E-state index contributed by atoms with van der Waals surface area (Å²) in [5.74, 6) is 0.694. The van der Waals surface area contributed by atoms with E-state index in [0.29, 0.717) is 12.5 Å². The van der Waals surface area contributed by atoms with Gasteiger partial charge in [-0.2, -0.15) is 0 Å². The van der Waals surface area contributed by atoms with Gasteiger partial charge >= 0.3 is 0 Å². The van der Waals surface area contributed by atoms with Crippen LogP contribution in [0.4, 0.5) is 5.69 Å². The molecule has 0 fully saturated rings. The Hall–Kier alpha value is -1.88. The van der Waals surface area contributed by atoms with Crippen molar-refractivity contribution in [2.75, 3.05) is 52.7 Å². The largest absolute Gasteiger partial charge is 0.375 e. The van der Waals surface area contributed by atoms with E-state index in [1.807, 2.05) is 37.1 Å². The molecule has 1 aromatic heterocycles. The SMILES string of the molecule is Cc1nc(CN(C)C(=NCC(=O)N(C)C)NCCCN(C)c2ccccc2)cs1.I. The first-order valence-electron chi connectivity index (χ1n) is 9.73. The molecule has 0 aliphatic carbocycles. The van der Waals surface area contributed by atoms with Crippen LogP contribution in [0.3, 0.4) is 0 Å². The average molecular weight is 545 g/mol. The minimum atomic E-state index is -0.0222. The van der Waals surface area contributed by atoms with Crippen molar-refractivity contribution in [2.45, 2.75) is 19.9 Å². The first-order valence-corrected chi connectivity index (χ1v) is 10.6. The zero-order valence-corrected chi connectivity index (χ0v) is 21.6. The van der Waals surface area contributed by atoms with E-state index in [4.69, 9.17) is 0 Å². The lowest BCUT2D eigenvalue weighted by Gasteiger charge is -2.23. The van der Waals surface area contributed by atoms with Gasteiger partial charge in [0.15, 0.2) is 5.96 Å².